The molecule has 1 rings (SSSR count). The highest BCUT2D eigenvalue weighted by Crippen LogP contribution is 2.12. The molecule has 0 N–H and O–H groups in total. The number of hydrogen-bond acceptors (Lipinski definition) is 4. The van der Waals surface area contributed by atoms with Gasteiger partial charge in [-0.2, -0.15) is 5.26 Å². The molecule has 0 aromatic heterocycles. The van der Waals surface area contributed by atoms with Gasteiger partial charge in [0.15, 0.2) is 11.7 Å². The molecule has 0 spiro atoms. The number of benzene rings is 1. The number of esters is 1. The zero-order valence-corrected chi connectivity index (χ0v) is 10.5. The quantitative estimate of drug-likeness (QED) is 0.588. The summed E-state index contributed by atoms with van der Waals surface area (Å²) in [6.45, 7) is 2.03. The Balaban J connectivity index is 2.75. The highest BCUT2D eigenvalue weighted by Gasteiger charge is 2.22. The van der Waals surface area contributed by atoms with Gasteiger partial charge < -0.3 is 4.74 Å². The van der Waals surface area contributed by atoms with Crippen molar-refractivity contribution in [3.63, 3.8) is 0 Å². The summed E-state index contributed by atoms with van der Waals surface area (Å²) in [7, 11) is 1.20. The second kappa shape index (κ2) is 6.55. The Morgan fingerprint density at radius 1 is 1.33 bits per heavy atom. The zero-order chi connectivity index (χ0) is 13.5. The average molecular weight is 245 g/mol. The molecule has 4 nitrogen and oxygen atoms in total. The van der Waals surface area contributed by atoms with Crippen LogP contribution in [0.1, 0.15) is 29.3 Å². The highest BCUT2D eigenvalue weighted by molar-refractivity contribution is 5.98. The van der Waals surface area contributed by atoms with Crippen LogP contribution in [0.15, 0.2) is 24.3 Å². The van der Waals surface area contributed by atoms with Gasteiger partial charge in [-0.25, -0.2) is 0 Å². The summed E-state index contributed by atoms with van der Waals surface area (Å²) >= 11 is 0. The first-order valence-corrected chi connectivity index (χ1v) is 5.72. The third-order valence-electron chi connectivity index (χ3n) is 2.72. The lowest BCUT2D eigenvalue weighted by molar-refractivity contribution is -0.143. The molecular weight excluding hydrogens is 230 g/mol. The van der Waals surface area contributed by atoms with Crippen LogP contribution in [0.3, 0.4) is 0 Å². The van der Waals surface area contributed by atoms with E-state index in [0.717, 1.165) is 12.0 Å². The summed E-state index contributed by atoms with van der Waals surface area (Å²) in [5.74, 6) is -1.93. The molecule has 0 heterocycles. The molecule has 1 aromatic rings. The summed E-state index contributed by atoms with van der Waals surface area (Å²) < 4.78 is 4.46. The minimum Gasteiger partial charge on any atom is -0.468 e. The number of carbonyl (C=O) groups excluding carboxylic acids is 2. The third-order valence-corrected chi connectivity index (χ3v) is 2.72. The molecule has 0 amide bonds. The summed E-state index contributed by atoms with van der Waals surface area (Å²) in [6, 6.07) is 8.95. The third kappa shape index (κ3) is 3.42. The Morgan fingerprint density at radius 2 is 1.94 bits per heavy atom. The Kier molecular flexibility index (Phi) is 5.06. The van der Waals surface area contributed by atoms with Crippen LogP contribution in [0.25, 0.3) is 0 Å². The van der Waals surface area contributed by atoms with Gasteiger partial charge in [-0.05, 0) is 12.0 Å². The highest BCUT2D eigenvalue weighted by atomic mass is 16.5. The Morgan fingerprint density at radius 3 is 2.39 bits per heavy atom. The Bertz CT molecular complexity index is 471. The number of nitrogens with zero attached hydrogens (tertiary/aromatic N) is 1. The van der Waals surface area contributed by atoms with Crippen molar-refractivity contribution in [2.75, 3.05) is 7.11 Å². The molecule has 1 aromatic carbocycles. The van der Waals surface area contributed by atoms with Crippen molar-refractivity contribution in [2.24, 2.45) is 5.92 Å². The minimum absolute atomic E-state index is 0.144. The lowest BCUT2D eigenvalue weighted by Crippen LogP contribution is -2.18. The monoisotopic (exact) mass is 245 g/mol. The molecule has 18 heavy (non-hydrogen) atoms. The number of aryl methyl sites for hydroxylation is 1. The van der Waals surface area contributed by atoms with E-state index in [1.165, 1.54) is 7.11 Å². The SMILES string of the molecule is CCc1ccc(C(=O)CC(C#N)C(=O)OC)cc1. The predicted octanol–water partition coefficient (Wildman–Crippen LogP) is 2.13. The van der Waals surface area contributed by atoms with Gasteiger partial charge in [-0.3, -0.25) is 9.59 Å². The van der Waals surface area contributed by atoms with E-state index in [2.05, 4.69) is 4.74 Å². The number of Topliss-reactive ketones (excluding diaryl/α,β-unsaturated/α-hetero) is 1. The van der Waals surface area contributed by atoms with Crippen molar-refractivity contribution < 1.29 is 14.3 Å². The molecule has 0 saturated carbocycles. The fourth-order valence-corrected chi connectivity index (χ4v) is 1.55. The topological polar surface area (TPSA) is 67.2 Å². The number of carbonyl (C=O) groups is 2. The molecule has 0 aliphatic carbocycles. The molecule has 1 atom stereocenters. The van der Waals surface area contributed by atoms with Gasteiger partial charge in [0, 0.05) is 12.0 Å². The van der Waals surface area contributed by atoms with Gasteiger partial charge in [0.2, 0.25) is 0 Å². The predicted molar refractivity (Wildman–Crippen MR) is 65.9 cm³/mol. The van der Waals surface area contributed by atoms with Crippen molar-refractivity contribution >= 4 is 11.8 Å². The van der Waals surface area contributed by atoms with Gasteiger partial charge in [-0.15, -0.1) is 0 Å². The second-order valence-corrected chi connectivity index (χ2v) is 3.88. The van der Waals surface area contributed by atoms with Gasteiger partial charge in [0.25, 0.3) is 0 Å². The molecule has 0 saturated heterocycles. The van der Waals surface area contributed by atoms with E-state index in [0.29, 0.717) is 5.56 Å². The zero-order valence-electron chi connectivity index (χ0n) is 10.5. The van der Waals surface area contributed by atoms with Gasteiger partial charge in [-0.1, -0.05) is 31.2 Å². The van der Waals surface area contributed by atoms with Crippen molar-refractivity contribution in [1.82, 2.24) is 0 Å². The number of ether oxygens (including phenoxy) is 1. The Hall–Kier alpha value is -2.15. The number of methoxy groups -OCH3 is 1. The molecule has 0 aliphatic rings. The van der Waals surface area contributed by atoms with E-state index in [1.807, 2.05) is 19.1 Å². The standard InChI is InChI=1S/C14H15NO3/c1-3-10-4-6-11(7-5-10)13(16)8-12(9-15)14(17)18-2/h4-7,12H,3,8H2,1-2H3. The number of rotatable bonds is 5. The van der Waals surface area contributed by atoms with E-state index >= 15 is 0 Å². The van der Waals surface area contributed by atoms with Gasteiger partial charge in [0.05, 0.1) is 13.2 Å². The molecule has 0 fully saturated rings. The number of nitriles is 1. The first-order chi connectivity index (χ1) is 8.62. The minimum atomic E-state index is -1.03. The first-order valence-electron chi connectivity index (χ1n) is 5.72. The van der Waals surface area contributed by atoms with Crippen LogP contribution >= 0.6 is 0 Å². The van der Waals surface area contributed by atoms with E-state index in [-0.39, 0.29) is 12.2 Å². The van der Waals surface area contributed by atoms with Crippen LogP contribution in [0.5, 0.6) is 0 Å². The van der Waals surface area contributed by atoms with Crippen molar-refractivity contribution in [3.05, 3.63) is 35.4 Å². The van der Waals surface area contributed by atoms with Crippen LogP contribution in [0.2, 0.25) is 0 Å². The largest absolute Gasteiger partial charge is 0.468 e. The molecule has 0 bridgehead atoms. The lowest BCUT2D eigenvalue weighted by Gasteiger charge is -2.06. The molecule has 0 radical (unpaired) electrons. The maximum atomic E-state index is 11.9. The lowest BCUT2D eigenvalue weighted by atomic mass is 9.98. The van der Waals surface area contributed by atoms with Gasteiger partial charge in [0.1, 0.15) is 0 Å². The summed E-state index contributed by atoms with van der Waals surface area (Å²) in [6.07, 6.45) is 0.756. The van der Waals surface area contributed by atoms with Gasteiger partial charge >= 0.3 is 5.97 Å². The summed E-state index contributed by atoms with van der Waals surface area (Å²) in [4.78, 5) is 23.1. The second-order valence-electron chi connectivity index (χ2n) is 3.88. The fraction of sp³-hybridized carbons (Fsp3) is 0.357. The maximum Gasteiger partial charge on any atom is 0.323 e. The summed E-state index contributed by atoms with van der Waals surface area (Å²) in [5, 5.41) is 8.80. The van der Waals surface area contributed by atoms with Crippen LogP contribution in [-0.2, 0) is 16.0 Å². The van der Waals surface area contributed by atoms with E-state index < -0.39 is 11.9 Å². The number of hydrogen-bond donors (Lipinski definition) is 0. The molecular formula is C14H15NO3. The van der Waals surface area contributed by atoms with Crippen molar-refractivity contribution in [2.45, 2.75) is 19.8 Å². The van der Waals surface area contributed by atoms with Crippen LogP contribution in [0, 0.1) is 17.2 Å². The van der Waals surface area contributed by atoms with Crippen LogP contribution < -0.4 is 0 Å². The normalized spacial score (nSPS) is 11.4. The van der Waals surface area contributed by atoms with E-state index in [4.69, 9.17) is 5.26 Å². The molecule has 0 aliphatic heterocycles. The smallest absolute Gasteiger partial charge is 0.323 e. The van der Waals surface area contributed by atoms with Crippen LogP contribution in [-0.4, -0.2) is 18.9 Å². The molecule has 4 heteroatoms. The van der Waals surface area contributed by atoms with E-state index in [1.54, 1.807) is 18.2 Å². The summed E-state index contributed by atoms with van der Waals surface area (Å²) in [5.41, 5.74) is 1.65. The van der Waals surface area contributed by atoms with Crippen LogP contribution in [0.4, 0.5) is 0 Å². The van der Waals surface area contributed by atoms with Crippen molar-refractivity contribution in [3.8, 4) is 6.07 Å². The first kappa shape index (κ1) is 13.9. The average Bonchev–Trinajstić information content (AvgIpc) is 2.43. The number of ketones is 1. The molecule has 1 unspecified atom stereocenters. The fourth-order valence-electron chi connectivity index (χ4n) is 1.55. The maximum absolute atomic E-state index is 11.9. The van der Waals surface area contributed by atoms with E-state index in [9.17, 15) is 9.59 Å². The Labute approximate surface area is 106 Å². The molecule has 94 valence electrons. The van der Waals surface area contributed by atoms with Crippen molar-refractivity contribution in [1.29, 1.82) is 5.26 Å².